The lowest BCUT2D eigenvalue weighted by atomic mass is 9.96. The van der Waals surface area contributed by atoms with Crippen molar-refractivity contribution in [2.45, 2.75) is 24.7 Å². The Bertz CT molecular complexity index is 578. The van der Waals surface area contributed by atoms with E-state index in [0.717, 1.165) is 16.0 Å². The summed E-state index contributed by atoms with van der Waals surface area (Å²) in [5.74, 6) is 0.0366. The summed E-state index contributed by atoms with van der Waals surface area (Å²) in [6.45, 7) is 4.08. The Labute approximate surface area is 123 Å². The van der Waals surface area contributed by atoms with Crippen molar-refractivity contribution >= 4 is 24.4 Å². The number of carbonyl (C=O) groups is 1. The number of ether oxygens (including phenoxy) is 1. The average Bonchev–Trinajstić information content (AvgIpc) is 2.37. The van der Waals surface area contributed by atoms with Gasteiger partial charge in [0.2, 0.25) is 0 Å². The van der Waals surface area contributed by atoms with Crippen LogP contribution < -0.4 is 0 Å². The molecule has 106 valence electrons. The first-order valence-electron chi connectivity index (χ1n) is 6.34. The summed E-state index contributed by atoms with van der Waals surface area (Å²) in [5, 5.41) is 8.85. The molecular formula is C15H17NO3S. The molecule has 1 heterocycles. The summed E-state index contributed by atoms with van der Waals surface area (Å²) in [4.78, 5) is 13.3. The van der Waals surface area contributed by atoms with Crippen LogP contribution in [0.15, 0.2) is 41.8 Å². The van der Waals surface area contributed by atoms with E-state index in [2.05, 4.69) is 26.5 Å². The van der Waals surface area contributed by atoms with E-state index >= 15 is 0 Å². The van der Waals surface area contributed by atoms with Gasteiger partial charge in [-0.15, -0.1) is 12.6 Å². The Kier molecular flexibility index (Phi) is 4.39. The van der Waals surface area contributed by atoms with Crippen LogP contribution >= 0.6 is 12.6 Å². The molecule has 0 aromatic heterocycles. The van der Waals surface area contributed by atoms with Crippen molar-refractivity contribution in [1.82, 2.24) is 4.90 Å². The third kappa shape index (κ3) is 3.17. The molecule has 0 saturated heterocycles. The normalized spacial score (nSPS) is 14.2. The zero-order valence-corrected chi connectivity index (χ0v) is 12.3. The van der Waals surface area contributed by atoms with Crippen molar-refractivity contribution in [3.8, 4) is 0 Å². The third-order valence-electron chi connectivity index (χ3n) is 2.97. The Hall–Kier alpha value is -1.88. The molecule has 0 radical (unpaired) electrons. The largest absolute Gasteiger partial charge is 0.480 e. The van der Waals surface area contributed by atoms with Gasteiger partial charge in [0.05, 0.1) is 0 Å². The van der Waals surface area contributed by atoms with Crippen LogP contribution in [0.5, 0.6) is 0 Å². The molecule has 2 rings (SSSR count). The smallest absolute Gasteiger partial charge is 0.323 e. The van der Waals surface area contributed by atoms with Gasteiger partial charge in [-0.1, -0.05) is 26.0 Å². The van der Waals surface area contributed by atoms with Crippen LogP contribution in [-0.2, 0) is 9.53 Å². The van der Waals surface area contributed by atoms with Crippen molar-refractivity contribution in [3.05, 3.63) is 48.0 Å². The summed E-state index contributed by atoms with van der Waals surface area (Å²) < 4.78 is 5.53. The van der Waals surface area contributed by atoms with Gasteiger partial charge in [-0.2, -0.15) is 0 Å². The monoisotopic (exact) mass is 291 g/mol. The van der Waals surface area contributed by atoms with Crippen LogP contribution in [0.4, 0.5) is 0 Å². The van der Waals surface area contributed by atoms with Gasteiger partial charge in [0.1, 0.15) is 18.6 Å². The Morgan fingerprint density at radius 3 is 2.85 bits per heavy atom. The van der Waals surface area contributed by atoms with Crippen molar-refractivity contribution < 1.29 is 14.6 Å². The van der Waals surface area contributed by atoms with Gasteiger partial charge in [-0.25, -0.2) is 0 Å². The van der Waals surface area contributed by atoms with Gasteiger partial charge >= 0.3 is 5.97 Å². The Balaban J connectivity index is 2.39. The summed E-state index contributed by atoms with van der Waals surface area (Å²) in [5.41, 5.74) is 2.03. The number of carboxylic acids is 1. The highest BCUT2D eigenvalue weighted by Gasteiger charge is 2.17. The van der Waals surface area contributed by atoms with Crippen molar-refractivity contribution in [2.24, 2.45) is 0 Å². The zero-order chi connectivity index (χ0) is 14.7. The van der Waals surface area contributed by atoms with Crippen molar-refractivity contribution in [2.75, 3.05) is 6.54 Å². The molecular weight excluding hydrogens is 274 g/mol. The molecule has 20 heavy (non-hydrogen) atoms. The zero-order valence-electron chi connectivity index (χ0n) is 11.4. The van der Waals surface area contributed by atoms with Gasteiger partial charge < -0.3 is 14.7 Å². The van der Waals surface area contributed by atoms with E-state index in [9.17, 15) is 4.79 Å². The maximum atomic E-state index is 10.8. The fourth-order valence-electron chi connectivity index (χ4n) is 2.17. The fraction of sp³-hybridized carbons (Fsp3) is 0.267. The summed E-state index contributed by atoms with van der Waals surface area (Å²) >= 11 is 4.50. The highest BCUT2D eigenvalue weighted by atomic mass is 32.1. The number of hydrogen-bond donors (Lipinski definition) is 2. The van der Waals surface area contributed by atoms with Crippen LogP contribution in [0.25, 0.3) is 5.76 Å². The highest BCUT2D eigenvalue weighted by Crippen LogP contribution is 2.32. The Morgan fingerprint density at radius 1 is 1.45 bits per heavy atom. The molecule has 0 aliphatic carbocycles. The maximum absolute atomic E-state index is 10.8. The molecule has 0 saturated carbocycles. The van der Waals surface area contributed by atoms with Crippen LogP contribution in [0.2, 0.25) is 0 Å². The lowest BCUT2D eigenvalue weighted by molar-refractivity contribution is -0.137. The standard InChI is InChI=1S/C15H17NO3S/c1-10(2)15-11(4-3-5-13(15)20)12-8-16(6-7-19-12)9-14(17)18/h3-8,10,20H,9H2,1-2H3,(H,17,18). The average molecular weight is 291 g/mol. The first kappa shape index (κ1) is 14.5. The second kappa shape index (κ2) is 6.05. The molecule has 1 aliphatic heterocycles. The lowest BCUT2D eigenvalue weighted by Gasteiger charge is -2.22. The second-order valence-corrected chi connectivity index (χ2v) is 5.34. The number of aliphatic carboxylic acids is 1. The van der Waals surface area contributed by atoms with E-state index in [1.54, 1.807) is 17.3 Å². The predicted molar refractivity (Wildman–Crippen MR) is 80.3 cm³/mol. The van der Waals surface area contributed by atoms with Gasteiger partial charge in [0.15, 0.2) is 0 Å². The lowest BCUT2D eigenvalue weighted by Crippen LogP contribution is -2.22. The molecule has 0 amide bonds. The van der Waals surface area contributed by atoms with E-state index in [1.807, 2.05) is 18.2 Å². The highest BCUT2D eigenvalue weighted by molar-refractivity contribution is 7.80. The molecule has 1 aliphatic rings. The van der Waals surface area contributed by atoms with Crippen LogP contribution in [0.3, 0.4) is 0 Å². The van der Waals surface area contributed by atoms with Crippen molar-refractivity contribution in [1.29, 1.82) is 0 Å². The second-order valence-electron chi connectivity index (χ2n) is 4.86. The molecule has 0 unspecified atom stereocenters. The maximum Gasteiger partial charge on any atom is 0.323 e. The molecule has 1 N–H and O–H groups in total. The van der Waals surface area contributed by atoms with E-state index < -0.39 is 5.97 Å². The first-order valence-corrected chi connectivity index (χ1v) is 6.78. The van der Waals surface area contributed by atoms with E-state index in [1.165, 1.54) is 6.26 Å². The fourth-order valence-corrected chi connectivity index (χ4v) is 2.63. The van der Waals surface area contributed by atoms with Crippen molar-refractivity contribution in [3.63, 3.8) is 0 Å². The summed E-state index contributed by atoms with van der Waals surface area (Å²) in [6, 6.07) is 5.81. The van der Waals surface area contributed by atoms with Gasteiger partial charge in [-0.05, 0) is 17.5 Å². The number of hydrogen-bond acceptors (Lipinski definition) is 4. The molecule has 5 heteroatoms. The van der Waals surface area contributed by atoms with Gasteiger partial charge in [-0.3, -0.25) is 4.79 Å². The van der Waals surface area contributed by atoms with Crippen LogP contribution in [0, 0.1) is 0 Å². The van der Waals surface area contributed by atoms with Gasteiger partial charge in [0.25, 0.3) is 0 Å². The third-order valence-corrected chi connectivity index (χ3v) is 3.36. The molecule has 4 nitrogen and oxygen atoms in total. The predicted octanol–water partition coefficient (Wildman–Crippen LogP) is 3.29. The summed E-state index contributed by atoms with van der Waals surface area (Å²) in [6.07, 6.45) is 4.79. The number of rotatable bonds is 4. The minimum Gasteiger partial charge on any atom is -0.480 e. The quantitative estimate of drug-likeness (QED) is 0.836. The van der Waals surface area contributed by atoms with Gasteiger partial charge in [0, 0.05) is 22.9 Å². The van der Waals surface area contributed by atoms with E-state index in [4.69, 9.17) is 9.84 Å². The molecule has 1 aromatic carbocycles. The molecule has 1 aromatic rings. The van der Waals surface area contributed by atoms with E-state index in [-0.39, 0.29) is 6.54 Å². The SMILES string of the molecule is CC(C)c1c(S)cccc1C1=CN(CC(=O)O)C=CO1. The molecule has 0 atom stereocenters. The van der Waals surface area contributed by atoms with Crippen LogP contribution in [-0.4, -0.2) is 22.5 Å². The number of carboxylic acid groups (broad SMARTS) is 1. The minimum atomic E-state index is -0.890. The number of thiol groups is 1. The molecule has 0 fully saturated rings. The minimum absolute atomic E-state index is 0.0963. The summed E-state index contributed by atoms with van der Waals surface area (Å²) in [7, 11) is 0. The van der Waals surface area contributed by atoms with Crippen LogP contribution in [0.1, 0.15) is 30.9 Å². The molecule has 0 bridgehead atoms. The Morgan fingerprint density at radius 2 is 2.20 bits per heavy atom. The first-order chi connectivity index (χ1) is 9.49. The number of benzene rings is 1. The number of nitrogens with zero attached hydrogens (tertiary/aromatic N) is 1. The molecule has 0 spiro atoms. The van der Waals surface area contributed by atoms with E-state index in [0.29, 0.717) is 11.7 Å². The topological polar surface area (TPSA) is 49.8 Å².